The third-order valence-electron chi connectivity index (χ3n) is 2.09. The highest BCUT2D eigenvalue weighted by Gasteiger charge is 2.16. The van der Waals surface area contributed by atoms with Crippen LogP contribution in [0.4, 0.5) is 0 Å². The topological polar surface area (TPSA) is 62.6 Å². The van der Waals surface area contributed by atoms with Gasteiger partial charge in [-0.1, -0.05) is 18.2 Å². The van der Waals surface area contributed by atoms with Gasteiger partial charge in [-0.05, 0) is 18.4 Å². The third-order valence-corrected chi connectivity index (χ3v) is 2.83. The number of thioether (sulfide) groups is 1. The van der Waals surface area contributed by atoms with Crippen LogP contribution in [0.3, 0.4) is 0 Å². The summed E-state index contributed by atoms with van der Waals surface area (Å²) >= 11 is 1.44. The molecule has 1 aromatic carbocycles. The van der Waals surface area contributed by atoms with Gasteiger partial charge in [0, 0.05) is 5.39 Å². The predicted molar refractivity (Wildman–Crippen MR) is 64.3 cm³/mol. The van der Waals surface area contributed by atoms with Gasteiger partial charge in [-0.3, -0.25) is 0 Å². The first-order valence-corrected chi connectivity index (χ1v) is 5.90. The van der Waals surface area contributed by atoms with Crippen LogP contribution in [0.5, 0.6) is 5.88 Å². The van der Waals surface area contributed by atoms with E-state index in [1.54, 1.807) is 0 Å². The molecule has 0 saturated carbocycles. The van der Waals surface area contributed by atoms with Gasteiger partial charge in [-0.2, -0.15) is 0 Å². The second-order valence-corrected chi connectivity index (χ2v) is 3.98. The summed E-state index contributed by atoms with van der Waals surface area (Å²) in [5, 5.41) is 18.6. The molecule has 0 amide bonds. The van der Waals surface area contributed by atoms with Crippen molar-refractivity contribution in [1.82, 2.24) is 4.98 Å². The second-order valence-electron chi connectivity index (χ2n) is 3.13. The van der Waals surface area contributed by atoms with Gasteiger partial charge < -0.3 is 14.7 Å². The summed E-state index contributed by atoms with van der Waals surface area (Å²) in [4.78, 5) is 4.99. The Morgan fingerprint density at radius 3 is 2.75 bits per heavy atom. The van der Waals surface area contributed by atoms with Crippen molar-refractivity contribution in [1.29, 1.82) is 0 Å². The average molecular weight is 235 g/mol. The average Bonchev–Trinajstić information content (AvgIpc) is 2.27. The van der Waals surface area contributed by atoms with Crippen LogP contribution in [0.1, 0.15) is 0 Å². The van der Waals surface area contributed by atoms with Crippen molar-refractivity contribution < 1.29 is 14.7 Å². The fourth-order valence-electron chi connectivity index (χ4n) is 1.41. The van der Waals surface area contributed by atoms with Crippen molar-refractivity contribution in [3.8, 4) is 5.88 Å². The van der Waals surface area contributed by atoms with Crippen LogP contribution in [0.25, 0.3) is 10.9 Å². The molecule has 0 spiro atoms. The van der Waals surface area contributed by atoms with Gasteiger partial charge in [-0.25, -0.2) is 4.98 Å². The Morgan fingerprint density at radius 1 is 1.31 bits per heavy atom. The van der Waals surface area contributed by atoms with E-state index in [1.165, 1.54) is 11.8 Å². The van der Waals surface area contributed by atoms with E-state index in [1.807, 2.05) is 36.6 Å². The molecule has 0 bridgehead atoms. The van der Waals surface area contributed by atoms with Crippen molar-refractivity contribution in [2.24, 2.45) is 0 Å². The van der Waals surface area contributed by atoms with Crippen molar-refractivity contribution in [3.63, 3.8) is 0 Å². The molecule has 1 aromatic heterocycles. The van der Waals surface area contributed by atoms with Crippen LogP contribution < -0.4 is 4.65 Å². The number of benzene rings is 1. The van der Waals surface area contributed by atoms with E-state index in [0.29, 0.717) is 0 Å². The van der Waals surface area contributed by atoms with Crippen LogP contribution in [0.2, 0.25) is 0 Å². The quantitative estimate of drug-likeness (QED) is 0.620. The minimum atomic E-state index is -1.85. The number of pyridine rings is 1. The maximum Gasteiger partial charge on any atom is 0.708 e. The van der Waals surface area contributed by atoms with E-state index in [2.05, 4.69) is 4.98 Å². The van der Waals surface area contributed by atoms with Crippen LogP contribution in [-0.2, 0) is 0 Å². The van der Waals surface area contributed by atoms with E-state index < -0.39 is 7.32 Å². The molecule has 2 aromatic rings. The fraction of sp³-hybridized carbons (Fsp3) is 0.100. The summed E-state index contributed by atoms with van der Waals surface area (Å²) in [5.74, 6) is 0.237. The van der Waals surface area contributed by atoms with Gasteiger partial charge in [0.2, 0.25) is 5.88 Å². The second kappa shape index (κ2) is 4.73. The molecular weight excluding hydrogens is 225 g/mol. The first-order chi connectivity index (χ1) is 7.70. The molecule has 0 fully saturated rings. The molecule has 0 aliphatic heterocycles. The van der Waals surface area contributed by atoms with Gasteiger partial charge in [-0.15, -0.1) is 11.8 Å². The molecule has 2 N–H and O–H groups in total. The third kappa shape index (κ3) is 2.29. The highest BCUT2D eigenvalue weighted by molar-refractivity contribution is 7.98. The molecular formula is C10H10BNO3S. The molecule has 0 aliphatic carbocycles. The molecule has 1 heterocycles. The molecule has 0 atom stereocenters. The summed E-state index contributed by atoms with van der Waals surface area (Å²) in [6.07, 6.45) is 1.88. The molecule has 16 heavy (non-hydrogen) atoms. The van der Waals surface area contributed by atoms with Crippen LogP contribution in [0.15, 0.2) is 35.2 Å². The highest BCUT2D eigenvalue weighted by atomic mass is 32.2. The molecule has 6 heteroatoms. The van der Waals surface area contributed by atoms with Gasteiger partial charge >= 0.3 is 7.32 Å². The fourth-order valence-corrected chi connectivity index (χ4v) is 1.92. The Balaban J connectivity index is 2.53. The number of aromatic nitrogens is 1. The van der Waals surface area contributed by atoms with Gasteiger partial charge in [0.1, 0.15) is 0 Å². The SMILES string of the molecule is CSc1cc2ccccc2nc1OB(O)O. The van der Waals surface area contributed by atoms with Crippen molar-refractivity contribution in [3.05, 3.63) is 30.3 Å². The molecule has 4 nitrogen and oxygen atoms in total. The van der Waals surface area contributed by atoms with Crippen molar-refractivity contribution in [2.75, 3.05) is 6.26 Å². The summed E-state index contributed by atoms with van der Waals surface area (Å²) in [7, 11) is -1.85. The smallest absolute Gasteiger partial charge is 0.497 e. The summed E-state index contributed by atoms with van der Waals surface area (Å²) < 4.78 is 4.82. The maximum atomic E-state index is 8.78. The predicted octanol–water partition coefficient (Wildman–Crippen LogP) is 1.30. The molecule has 0 saturated heterocycles. The van der Waals surface area contributed by atoms with E-state index in [-0.39, 0.29) is 5.88 Å². The molecule has 0 radical (unpaired) electrons. The minimum absolute atomic E-state index is 0.237. The zero-order chi connectivity index (χ0) is 11.5. The zero-order valence-corrected chi connectivity index (χ0v) is 9.44. The first kappa shape index (κ1) is 11.3. The number of hydrogen-bond donors (Lipinski definition) is 2. The summed E-state index contributed by atoms with van der Waals surface area (Å²) in [6, 6.07) is 9.49. The van der Waals surface area contributed by atoms with E-state index >= 15 is 0 Å². The minimum Gasteiger partial charge on any atom is -0.497 e. The number of fused-ring (bicyclic) bond motifs is 1. The monoisotopic (exact) mass is 235 g/mol. The van der Waals surface area contributed by atoms with E-state index in [9.17, 15) is 0 Å². The number of rotatable bonds is 3. The van der Waals surface area contributed by atoms with E-state index in [4.69, 9.17) is 14.7 Å². The molecule has 0 unspecified atom stereocenters. The largest absolute Gasteiger partial charge is 0.708 e. The lowest BCUT2D eigenvalue weighted by Gasteiger charge is -2.09. The number of nitrogens with zero attached hydrogens (tertiary/aromatic N) is 1. The van der Waals surface area contributed by atoms with Gasteiger partial charge in [0.15, 0.2) is 0 Å². The first-order valence-electron chi connectivity index (χ1n) is 4.67. The normalized spacial score (nSPS) is 10.4. The Kier molecular flexibility index (Phi) is 3.33. The molecule has 0 aliphatic rings. The molecule has 2 rings (SSSR count). The Bertz CT molecular complexity index is 506. The van der Waals surface area contributed by atoms with Crippen LogP contribution >= 0.6 is 11.8 Å². The Labute approximate surface area is 97.5 Å². The highest BCUT2D eigenvalue weighted by Crippen LogP contribution is 2.29. The van der Waals surface area contributed by atoms with Gasteiger partial charge in [0.05, 0.1) is 10.4 Å². The number of para-hydroxylation sites is 1. The molecule has 82 valence electrons. The summed E-state index contributed by atoms with van der Waals surface area (Å²) in [6.45, 7) is 0. The number of hydrogen-bond acceptors (Lipinski definition) is 5. The van der Waals surface area contributed by atoms with Crippen LogP contribution in [-0.4, -0.2) is 28.6 Å². The Hall–Kier alpha value is -1.24. The van der Waals surface area contributed by atoms with Gasteiger partial charge in [0.25, 0.3) is 0 Å². The lowest BCUT2D eigenvalue weighted by molar-refractivity contribution is 0.280. The van der Waals surface area contributed by atoms with E-state index in [0.717, 1.165) is 15.8 Å². The Morgan fingerprint density at radius 2 is 2.06 bits per heavy atom. The van der Waals surface area contributed by atoms with Crippen molar-refractivity contribution in [2.45, 2.75) is 4.90 Å². The zero-order valence-electron chi connectivity index (χ0n) is 8.62. The summed E-state index contributed by atoms with van der Waals surface area (Å²) in [5.41, 5.74) is 0.760. The standard InChI is InChI=1S/C10H10BNO3S/c1-16-9-6-7-4-2-3-5-8(7)12-10(9)15-11(13)14/h2-6,13-14H,1H3. The lowest BCUT2D eigenvalue weighted by Crippen LogP contribution is -2.21. The van der Waals surface area contributed by atoms with Crippen LogP contribution in [0, 0.1) is 0 Å². The maximum absolute atomic E-state index is 8.78. The van der Waals surface area contributed by atoms with Crippen molar-refractivity contribution >= 4 is 30.0 Å². The lowest BCUT2D eigenvalue weighted by atomic mass is 10.2.